The lowest BCUT2D eigenvalue weighted by atomic mass is 9.51. The van der Waals surface area contributed by atoms with Crippen LogP contribution < -0.4 is 0 Å². The molecule has 0 unspecified atom stereocenters. The molecule has 0 aliphatic heterocycles. The van der Waals surface area contributed by atoms with Crippen LogP contribution in [-0.4, -0.2) is 27.9 Å². The fourth-order valence-electron chi connectivity index (χ4n) is 10.3. The van der Waals surface area contributed by atoms with E-state index in [1.54, 1.807) is 6.92 Å². The van der Waals surface area contributed by atoms with Gasteiger partial charge in [0.15, 0.2) is 0 Å². The first-order chi connectivity index (χ1) is 20.9. The van der Waals surface area contributed by atoms with Crippen molar-refractivity contribution in [1.82, 2.24) is 0 Å². The van der Waals surface area contributed by atoms with Crippen LogP contribution in [0.3, 0.4) is 0 Å². The normalized spacial score (nSPS) is 36.6. The minimum absolute atomic E-state index is 0.0473. The number of carbonyl (C=O) groups is 3. The maximum absolute atomic E-state index is 14.3. The number of rotatable bonds is 12. The molecule has 0 bridgehead atoms. The van der Waals surface area contributed by atoms with Gasteiger partial charge in [-0.3, -0.25) is 14.4 Å². The Kier molecular flexibility index (Phi) is 10.0. The lowest BCUT2D eigenvalue weighted by Gasteiger charge is -2.53. The summed E-state index contributed by atoms with van der Waals surface area (Å²) in [6.07, 6.45) is 15.2. The number of allylic oxidation sites excluding steroid dienone is 8. The number of carbonyl (C=O) groups excluding carboxylic acids is 1. The molecule has 0 saturated heterocycles. The molecule has 0 aromatic rings. The van der Waals surface area contributed by atoms with Crippen molar-refractivity contribution in [3.05, 3.63) is 59.3 Å². The molecule has 0 aromatic carbocycles. The summed E-state index contributed by atoms with van der Waals surface area (Å²) >= 11 is 0. The maximum atomic E-state index is 14.3. The van der Waals surface area contributed by atoms with E-state index in [0.717, 1.165) is 50.5 Å². The van der Waals surface area contributed by atoms with Crippen LogP contribution in [0.15, 0.2) is 59.3 Å². The van der Waals surface area contributed by atoms with Gasteiger partial charge < -0.3 is 10.2 Å². The number of fused-ring (bicyclic) bond motifs is 2. The summed E-state index contributed by atoms with van der Waals surface area (Å²) in [5.41, 5.74) is 4.56. The highest BCUT2D eigenvalue weighted by atomic mass is 16.4. The number of carboxylic acids is 2. The smallest absolute Gasteiger partial charge is 0.310 e. The summed E-state index contributed by atoms with van der Waals surface area (Å²) < 4.78 is 0. The van der Waals surface area contributed by atoms with Crippen LogP contribution in [-0.2, 0) is 14.4 Å². The van der Waals surface area contributed by atoms with E-state index in [1.807, 2.05) is 0 Å². The molecule has 0 amide bonds. The molecule has 4 aliphatic carbocycles. The van der Waals surface area contributed by atoms with E-state index in [2.05, 4.69) is 72.9 Å². The maximum Gasteiger partial charge on any atom is 0.310 e. The minimum atomic E-state index is -1.09. The summed E-state index contributed by atoms with van der Waals surface area (Å²) in [7, 11) is 0. The Balaban J connectivity index is 1.64. The molecule has 248 valence electrons. The predicted octanol–water partition coefficient (Wildman–Crippen LogP) is 9.90. The van der Waals surface area contributed by atoms with Crippen molar-refractivity contribution < 1.29 is 24.6 Å². The number of ketones is 1. The van der Waals surface area contributed by atoms with Gasteiger partial charge in [-0.1, -0.05) is 80.0 Å². The van der Waals surface area contributed by atoms with Gasteiger partial charge in [-0.2, -0.15) is 0 Å². The molecule has 5 nitrogen and oxygen atoms in total. The lowest BCUT2D eigenvalue weighted by Crippen LogP contribution is -2.47. The SMILES string of the molecule is C=C(C)[C@@H]1CC=C2[C@@H](CC[C@]23C(=C)CC[C@@]3(C)[C@H](C)CC(=O)[C@H]2CC(CCC=C(C)C)=CC[C@]2(C)C(=O)O)[C@@]1(C)CCC(=O)O. The molecular formula is C40H58O5. The van der Waals surface area contributed by atoms with Gasteiger partial charge in [0, 0.05) is 24.2 Å². The molecule has 1 spiro atoms. The van der Waals surface area contributed by atoms with Gasteiger partial charge in [-0.25, -0.2) is 0 Å². The summed E-state index contributed by atoms with van der Waals surface area (Å²) in [5, 5.41) is 20.0. The van der Waals surface area contributed by atoms with Gasteiger partial charge in [-0.05, 0) is 120 Å². The Morgan fingerprint density at radius 3 is 2.36 bits per heavy atom. The van der Waals surface area contributed by atoms with Crippen molar-refractivity contribution in [3.63, 3.8) is 0 Å². The third-order valence-corrected chi connectivity index (χ3v) is 13.4. The van der Waals surface area contributed by atoms with Crippen LogP contribution in [0.1, 0.15) is 126 Å². The zero-order chi connectivity index (χ0) is 33.5. The van der Waals surface area contributed by atoms with Gasteiger partial charge in [0.05, 0.1) is 5.41 Å². The van der Waals surface area contributed by atoms with Crippen molar-refractivity contribution in [3.8, 4) is 0 Å². The molecular weight excluding hydrogens is 560 g/mol. The van der Waals surface area contributed by atoms with Crippen LogP contribution in [0.4, 0.5) is 0 Å². The molecule has 2 fully saturated rings. The second-order valence-electron chi connectivity index (χ2n) is 16.1. The summed E-state index contributed by atoms with van der Waals surface area (Å²) in [5.74, 6) is -1.56. The Morgan fingerprint density at radius 1 is 1.07 bits per heavy atom. The Hall–Kier alpha value is -2.69. The number of hydrogen-bond donors (Lipinski definition) is 2. The van der Waals surface area contributed by atoms with Crippen molar-refractivity contribution in [2.45, 2.75) is 126 Å². The Bertz CT molecular complexity index is 1340. The molecule has 2 saturated carbocycles. The first-order valence-electron chi connectivity index (χ1n) is 17.3. The minimum Gasteiger partial charge on any atom is -0.481 e. The number of Topliss-reactive ketones (excluding diaryl/α,β-unsaturated/α-hetero) is 1. The van der Waals surface area contributed by atoms with E-state index in [0.29, 0.717) is 25.7 Å². The summed E-state index contributed by atoms with van der Waals surface area (Å²) in [4.78, 5) is 38.6. The highest BCUT2D eigenvalue weighted by Crippen LogP contribution is 2.73. The average Bonchev–Trinajstić information content (AvgIpc) is 3.48. The second kappa shape index (κ2) is 12.8. The number of carboxylic acid groups (broad SMARTS) is 2. The highest BCUT2D eigenvalue weighted by molar-refractivity contribution is 5.89. The number of aliphatic carboxylic acids is 2. The standard InChI is InChI=1S/C40H58O5/c1-25(2)11-10-12-29-16-19-38(8,36(44)45)33(24-29)34(41)23-28(6)39(9)21-15-27(5)40(39)22-17-31-32(40)14-13-30(26(3)4)37(31,7)20-18-35(42)43/h11,14,16,28,30-31,33H,3,5,10,12-13,15,17-24H2,1-2,4,6-9H3,(H,42,43)(H,44,45)/t28-,30+,31-,33-,37+,38+,39+,40+/m1/s1. The van der Waals surface area contributed by atoms with Crippen molar-refractivity contribution in [1.29, 1.82) is 0 Å². The molecule has 0 heterocycles. The van der Waals surface area contributed by atoms with Gasteiger partial charge in [0.1, 0.15) is 5.78 Å². The molecule has 8 atom stereocenters. The van der Waals surface area contributed by atoms with E-state index in [9.17, 15) is 24.6 Å². The molecule has 4 aliphatic rings. The fraction of sp³-hybridized carbons (Fsp3) is 0.675. The molecule has 2 N–H and O–H groups in total. The first-order valence-corrected chi connectivity index (χ1v) is 17.3. The van der Waals surface area contributed by atoms with Crippen LogP contribution in [0, 0.1) is 45.3 Å². The summed E-state index contributed by atoms with van der Waals surface area (Å²) in [6.45, 7) is 23.9. The predicted molar refractivity (Wildman–Crippen MR) is 182 cm³/mol. The monoisotopic (exact) mass is 618 g/mol. The molecule has 0 radical (unpaired) electrons. The number of hydrogen-bond acceptors (Lipinski definition) is 3. The molecule has 45 heavy (non-hydrogen) atoms. The fourth-order valence-corrected chi connectivity index (χ4v) is 10.3. The average molecular weight is 619 g/mol. The van der Waals surface area contributed by atoms with Gasteiger partial charge in [0.2, 0.25) is 0 Å². The van der Waals surface area contributed by atoms with Gasteiger partial charge in [0.25, 0.3) is 0 Å². The quantitative estimate of drug-likeness (QED) is 0.212. The van der Waals surface area contributed by atoms with E-state index in [4.69, 9.17) is 0 Å². The van der Waals surface area contributed by atoms with Crippen LogP contribution in [0.2, 0.25) is 0 Å². The van der Waals surface area contributed by atoms with Crippen molar-refractivity contribution in [2.75, 3.05) is 0 Å². The van der Waals surface area contributed by atoms with Gasteiger partial charge >= 0.3 is 11.9 Å². The Morgan fingerprint density at radius 2 is 1.76 bits per heavy atom. The van der Waals surface area contributed by atoms with Crippen LogP contribution in [0.5, 0.6) is 0 Å². The zero-order valence-corrected chi connectivity index (χ0v) is 29.1. The highest BCUT2D eigenvalue weighted by Gasteiger charge is 2.65. The second-order valence-corrected chi connectivity index (χ2v) is 16.1. The molecule has 5 heteroatoms. The molecule has 4 rings (SSSR count). The summed E-state index contributed by atoms with van der Waals surface area (Å²) in [6, 6.07) is 0. The Labute approximate surface area is 272 Å². The van der Waals surface area contributed by atoms with Gasteiger partial charge in [-0.15, -0.1) is 0 Å². The van der Waals surface area contributed by atoms with E-state index >= 15 is 0 Å². The van der Waals surface area contributed by atoms with E-state index < -0.39 is 23.3 Å². The molecule has 0 aromatic heterocycles. The van der Waals surface area contributed by atoms with E-state index in [-0.39, 0.29) is 46.2 Å². The first kappa shape index (κ1) is 35.2. The van der Waals surface area contributed by atoms with Crippen molar-refractivity contribution in [2.24, 2.45) is 45.3 Å². The third kappa shape index (κ3) is 5.98. The lowest BCUT2D eigenvalue weighted by molar-refractivity contribution is -0.155. The largest absolute Gasteiger partial charge is 0.481 e. The third-order valence-electron chi connectivity index (χ3n) is 13.4. The van der Waals surface area contributed by atoms with E-state index in [1.165, 1.54) is 22.3 Å². The zero-order valence-electron chi connectivity index (χ0n) is 29.1. The topological polar surface area (TPSA) is 91.7 Å². The van der Waals surface area contributed by atoms with Crippen LogP contribution >= 0.6 is 0 Å². The van der Waals surface area contributed by atoms with Crippen molar-refractivity contribution >= 4 is 17.7 Å². The van der Waals surface area contributed by atoms with Crippen LogP contribution in [0.25, 0.3) is 0 Å².